The second-order valence-electron chi connectivity index (χ2n) is 7.20. The van der Waals surface area contributed by atoms with E-state index in [4.69, 9.17) is 5.73 Å². The van der Waals surface area contributed by atoms with Crippen molar-refractivity contribution in [3.8, 4) is 0 Å². The molecule has 1 aliphatic heterocycles. The van der Waals surface area contributed by atoms with Crippen molar-refractivity contribution in [2.45, 2.75) is 51.2 Å². The highest BCUT2D eigenvalue weighted by Gasteiger charge is 2.17. The lowest BCUT2D eigenvalue weighted by molar-refractivity contribution is -0.122. The smallest absolute Gasteiger partial charge is 0.237 e. The van der Waals surface area contributed by atoms with Gasteiger partial charge in [0.15, 0.2) is 0 Å². The van der Waals surface area contributed by atoms with E-state index in [1.165, 1.54) is 31.2 Å². The van der Waals surface area contributed by atoms with E-state index in [9.17, 15) is 13.2 Å². The zero-order chi connectivity index (χ0) is 19.0. The third kappa shape index (κ3) is 9.06. The summed E-state index contributed by atoms with van der Waals surface area (Å²) in [6.07, 6.45) is 6.39. The van der Waals surface area contributed by atoms with Gasteiger partial charge in [-0.25, -0.2) is 8.42 Å². The van der Waals surface area contributed by atoms with Crippen molar-refractivity contribution < 1.29 is 13.2 Å². The Balaban J connectivity index is 0.00000364. The molecule has 1 unspecified atom stereocenters. The monoisotopic (exact) mass is 417 g/mol. The zero-order valence-corrected chi connectivity index (χ0v) is 17.7. The Kier molecular flexibility index (Phi) is 10.3. The second kappa shape index (κ2) is 11.6. The van der Waals surface area contributed by atoms with Gasteiger partial charge in [0.2, 0.25) is 5.91 Å². The largest absolute Gasteiger partial charge is 0.351 e. The Morgan fingerprint density at radius 2 is 1.74 bits per heavy atom. The van der Waals surface area contributed by atoms with Crippen LogP contribution in [0.2, 0.25) is 0 Å². The van der Waals surface area contributed by atoms with Crippen LogP contribution < -0.4 is 11.1 Å². The van der Waals surface area contributed by atoms with Crippen molar-refractivity contribution in [1.29, 1.82) is 0 Å². The van der Waals surface area contributed by atoms with Crippen molar-refractivity contribution in [2.24, 2.45) is 5.73 Å². The predicted molar refractivity (Wildman–Crippen MR) is 112 cm³/mol. The van der Waals surface area contributed by atoms with Gasteiger partial charge >= 0.3 is 0 Å². The summed E-state index contributed by atoms with van der Waals surface area (Å²) < 4.78 is 22.4. The van der Waals surface area contributed by atoms with Crippen LogP contribution in [0.3, 0.4) is 0 Å². The van der Waals surface area contributed by atoms with E-state index in [0.29, 0.717) is 6.54 Å². The topological polar surface area (TPSA) is 92.5 Å². The molecule has 2 rings (SSSR count). The average molecular weight is 418 g/mol. The molecular weight excluding hydrogens is 386 g/mol. The third-order valence-corrected chi connectivity index (χ3v) is 5.78. The van der Waals surface area contributed by atoms with Gasteiger partial charge < -0.3 is 11.1 Å². The molecule has 0 saturated carbocycles. The Morgan fingerprint density at radius 3 is 2.33 bits per heavy atom. The minimum absolute atomic E-state index is 0. The fraction of sp³-hybridized carbons (Fsp3) is 0.632. The first kappa shape index (κ1) is 23.9. The summed E-state index contributed by atoms with van der Waals surface area (Å²) in [5.41, 5.74) is 8.11. The number of nitrogens with two attached hydrogens (primary N) is 1. The number of halogens is 1. The molecule has 0 radical (unpaired) electrons. The zero-order valence-electron chi connectivity index (χ0n) is 16.0. The lowest BCUT2D eigenvalue weighted by Gasteiger charge is -2.22. The van der Waals surface area contributed by atoms with Crippen LogP contribution in [0.4, 0.5) is 0 Å². The molecule has 1 atom stereocenters. The minimum atomic E-state index is -3.11. The van der Waals surface area contributed by atoms with E-state index in [0.717, 1.165) is 31.5 Å². The molecule has 0 aliphatic carbocycles. The Labute approximate surface area is 169 Å². The number of hydrogen-bond donors (Lipinski definition) is 2. The normalized spacial score (nSPS) is 16.8. The molecule has 27 heavy (non-hydrogen) atoms. The highest BCUT2D eigenvalue weighted by atomic mass is 35.5. The van der Waals surface area contributed by atoms with Crippen molar-refractivity contribution in [3.63, 3.8) is 0 Å². The van der Waals surface area contributed by atoms with Crippen LogP contribution in [-0.2, 0) is 27.7 Å². The van der Waals surface area contributed by atoms with Crippen LogP contribution in [0.1, 0.15) is 43.2 Å². The van der Waals surface area contributed by atoms with Crippen molar-refractivity contribution >= 4 is 28.2 Å². The van der Waals surface area contributed by atoms with Gasteiger partial charge in [-0.2, -0.15) is 0 Å². The van der Waals surface area contributed by atoms with E-state index in [-0.39, 0.29) is 30.5 Å². The summed E-state index contributed by atoms with van der Waals surface area (Å²) in [5, 5.41) is 2.85. The van der Waals surface area contributed by atoms with Crippen LogP contribution in [0, 0.1) is 0 Å². The molecule has 6 nitrogen and oxygen atoms in total. The second-order valence-corrected chi connectivity index (χ2v) is 9.46. The molecule has 154 valence electrons. The standard InChI is InChI=1S/C19H31N3O3S.ClH/c1-26(24,25)13-10-18(20)19(23)21-14-16-8-4-5-9-17(16)15-22-11-6-2-3-7-12-22;/h4-5,8-9,18H,2-3,6-7,10-15,20H2,1H3,(H,21,23);1H. The first-order valence-corrected chi connectivity index (χ1v) is 11.4. The molecule has 8 heteroatoms. The summed E-state index contributed by atoms with van der Waals surface area (Å²) in [6, 6.07) is 7.32. The molecule has 1 aliphatic rings. The fourth-order valence-corrected chi connectivity index (χ4v) is 3.89. The van der Waals surface area contributed by atoms with Crippen molar-refractivity contribution in [2.75, 3.05) is 25.1 Å². The van der Waals surface area contributed by atoms with Gasteiger partial charge in [-0.3, -0.25) is 9.69 Å². The number of carbonyl (C=O) groups excluding carboxylic acids is 1. The number of nitrogens with one attached hydrogen (secondary N) is 1. The molecular formula is C19H32ClN3O3S. The summed E-state index contributed by atoms with van der Waals surface area (Å²) in [7, 11) is -3.11. The summed E-state index contributed by atoms with van der Waals surface area (Å²) in [6.45, 7) is 3.55. The Bertz CT molecular complexity index is 689. The van der Waals surface area contributed by atoms with E-state index >= 15 is 0 Å². The van der Waals surface area contributed by atoms with Gasteiger partial charge in [-0.15, -0.1) is 12.4 Å². The molecule has 0 bridgehead atoms. The van der Waals surface area contributed by atoms with E-state index in [1.807, 2.05) is 18.2 Å². The molecule has 1 heterocycles. The van der Waals surface area contributed by atoms with Gasteiger partial charge in [0, 0.05) is 19.3 Å². The molecule has 0 spiro atoms. The number of sulfone groups is 1. The minimum Gasteiger partial charge on any atom is -0.351 e. The lowest BCUT2D eigenvalue weighted by Crippen LogP contribution is -2.41. The number of rotatable bonds is 8. The highest BCUT2D eigenvalue weighted by Crippen LogP contribution is 2.16. The lowest BCUT2D eigenvalue weighted by atomic mass is 10.1. The predicted octanol–water partition coefficient (Wildman–Crippen LogP) is 1.86. The number of benzene rings is 1. The van der Waals surface area contributed by atoms with Gasteiger partial charge in [-0.1, -0.05) is 37.1 Å². The number of likely N-dealkylation sites (tertiary alicyclic amines) is 1. The summed E-state index contributed by atoms with van der Waals surface area (Å²) >= 11 is 0. The molecule has 1 saturated heterocycles. The maximum Gasteiger partial charge on any atom is 0.237 e. The maximum absolute atomic E-state index is 12.1. The van der Waals surface area contributed by atoms with Gasteiger partial charge in [-0.05, 0) is 43.5 Å². The first-order valence-electron chi connectivity index (χ1n) is 9.35. The molecule has 0 aromatic heterocycles. The summed E-state index contributed by atoms with van der Waals surface area (Å²) in [5.74, 6) is -0.383. The van der Waals surface area contributed by atoms with Crippen molar-refractivity contribution in [3.05, 3.63) is 35.4 Å². The maximum atomic E-state index is 12.1. The van der Waals surface area contributed by atoms with Gasteiger partial charge in [0.1, 0.15) is 9.84 Å². The van der Waals surface area contributed by atoms with E-state index in [1.54, 1.807) is 0 Å². The van der Waals surface area contributed by atoms with Gasteiger partial charge in [0.25, 0.3) is 0 Å². The SMILES string of the molecule is CS(=O)(=O)CCC(N)C(=O)NCc1ccccc1CN1CCCCCC1.Cl. The third-order valence-electron chi connectivity index (χ3n) is 4.80. The van der Waals surface area contributed by atoms with Crippen LogP contribution in [-0.4, -0.2) is 50.4 Å². The fourth-order valence-electron chi connectivity index (χ4n) is 3.20. The molecule has 1 aromatic carbocycles. The summed E-state index contributed by atoms with van der Waals surface area (Å²) in [4.78, 5) is 14.6. The van der Waals surface area contributed by atoms with E-state index < -0.39 is 15.9 Å². The average Bonchev–Trinajstić information content (AvgIpc) is 2.86. The van der Waals surface area contributed by atoms with Crippen LogP contribution >= 0.6 is 12.4 Å². The molecule has 1 aromatic rings. The Morgan fingerprint density at radius 1 is 1.15 bits per heavy atom. The molecule has 3 N–H and O–H groups in total. The van der Waals surface area contributed by atoms with Crippen LogP contribution in [0.15, 0.2) is 24.3 Å². The Hall–Kier alpha value is -1.15. The quantitative estimate of drug-likeness (QED) is 0.673. The number of amides is 1. The van der Waals surface area contributed by atoms with Gasteiger partial charge in [0.05, 0.1) is 11.8 Å². The van der Waals surface area contributed by atoms with E-state index in [2.05, 4.69) is 16.3 Å². The van der Waals surface area contributed by atoms with Crippen molar-refractivity contribution in [1.82, 2.24) is 10.2 Å². The molecule has 1 amide bonds. The number of carbonyl (C=O) groups is 1. The van der Waals surface area contributed by atoms with Crippen LogP contribution in [0.5, 0.6) is 0 Å². The van der Waals surface area contributed by atoms with Crippen LogP contribution in [0.25, 0.3) is 0 Å². The number of hydrogen-bond acceptors (Lipinski definition) is 5. The first-order chi connectivity index (χ1) is 12.3. The molecule has 1 fully saturated rings. The number of nitrogens with zero attached hydrogens (tertiary/aromatic N) is 1. The highest BCUT2D eigenvalue weighted by molar-refractivity contribution is 7.90.